The Morgan fingerprint density at radius 1 is 1.33 bits per heavy atom. The molecular weight excluding hydrogens is 296 g/mol. The van der Waals surface area contributed by atoms with E-state index in [1.807, 2.05) is 24.3 Å². The van der Waals surface area contributed by atoms with E-state index in [-0.39, 0.29) is 5.69 Å². The van der Waals surface area contributed by atoms with Crippen molar-refractivity contribution in [3.63, 3.8) is 0 Å². The summed E-state index contributed by atoms with van der Waals surface area (Å²) >= 11 is 3.38. The van der Waals surface area contributed by atoms with Gasteiger partial charge in [0.25, 0.3) is 0 Å². The van der Waals surface area contributed by atoms with Crippen LogP contribution in [0.3, 0.4) is 0 Å². The molecule has 0 saturated carbocycles. The van der Waals surface area contributed by atoms with Crippen LogP contribution in [-0.2, 0) is 0 Å². The molecule has 1 aromatic heterocycles. The van der Waals surface area contributed by atoms with Gasteiger partial charge in [-0.15, -0.1) is 0 Å². The van der Waals surface area contributed by atoms with Crippen molar-refractivity contribution in [1.29, 1.82) is 5.26 Å². The molecule has 0 aliphatic carbocycles. The molecule has 90 valence electrons. The molecule has 0 aliphatic heterocycles. The van der Waals surface area contributed by atoms with Crippen LogP contribution in [0.25, 0.3) is 0 Å². The maximum Gasteiger partial charge on any atom is 0.183 e. The highest BCUT2D eigenvalue weighted by Crippen LogP contribution is 2.30. The number of rotatable bonds is 3. The largest absolute Gasteiger partial charge is 0.495 e. The lowest BCUT2D eigenvalue weighted by atomic mass is 10.3. The van der Waals surface area contributed by atoms with E-state index >= 15 is 0 Å². The Morgan fingerprint density at radius 2 is 2.11 bits per heavy atom. The van der Waals surface area contributed by atoms with Gasteiger partial charge >= 0.3 is 0 Å². The quantitative estimate of drug-likeness (QED) is 0.944. The predicted octanol–water partition coefficient (Wildman–Crippen LogP) is 2.86. The first kappa shape index (κ1) is 12.3. The number of nitrogens with one attached hydrogen (secondary N) is 1. The molecule has 0 spiro atoms. The number of anilines is 2. The van der Waals surface area contributed by atoms with Crippen LogP contribution >= 0.6 is 15.9 Å². The van der Waals surface area contributed by atoms with Gasteiger partial charge in [-0.05, 0) is 18.2 Å². The van der Waals surface area contributed by atoms with E-state index in [0.29, 0.717) is 17.3 Å². The number of nitriles is 1. The van der Waals surface area contributed by atoms with Crippen molar-refractivity contribution in [2.24, 2.45) is 0 Å². The van der Waals surface area contributed by atoms with Gasteiger partial charge in [0, 0.05) is 16.9 Å². The molecule has 6 heteroatoms. The fourth-order valence-electron chi connectivity index (χ4n) is 1.42. The van der Waals surface area contributed by atoms with Crippen LogP contribution in [0, 0.1) is 11.3 Å². The highest BCUT2D eigenvalue weighted by atomic mass is 79.9. The SMILES string of the molecule is COc1ccc(Br)cc1Nc1nccnc1C#N. The molecule has 1 aromatic carbocycles. The number of ether oxygens (including phenoxy) is 1. The van der Waals surface area contributed by atoms with Crippen LogP contribution in [0.15, 0.2) is 35.1 Å². The lowest BCUT2D eigenvalue weighted by molar-refractivity contribution is 0.416. The smallest absolute Gasteiger partial charge is 0.183 e. The summed E-state index contributed by atoms with van der Waals surface area (Å²) in [5.74, 6) is 1.06. The fraction of sp³-hybridized carbons (Fsp3) is 0.0833. The average molecular weight is 305 g/mol. The van der Waals surface area contributed by atoms with Crippen molar-refractivity contribution in [1.82, 2.24) is 9.97 Å². The summed E-state index contributed by atoms with van der Waals surface area (Å²) in [7, 11) is 1.58. The molecule has 0 radical (unpaired) electrons. The number of nitrogens with zero attached hydrogens (tertiary/aromatic N) is 3. The van der Waals surface area contributed by atoms with E-state index in [9.17, 15) is 0 Å². The third-order valence-electron chi connectivity index (χ3n) is 2.22. The van der Waals surface area contributed by atoms with Gasteiger partial charge in [0.15, 0.2) is 11.5 Å². The van der Waals surface area contributed by atoms with Crippen molar-refractivity contribution in [2.75, 3.05) is 12.4 Å². The van der Waals surface area contributed by atoms with E-state index in [1.165, 1.54) is 12.4 Å². The Morgan fingerprint density at radius 3 is 2.83 bits per heavy atom. The van der Waals surface area contributed by atoms with Crippen LogP contribution in [0.4, 0.5) is 11.5 Å². The molecule has 0 aliphatic rings. The molecule has 5 nitrogen and oxygen atoms in total. The molecular formula is C12H9BrN4O. The molecule has 2 aromatic rings. The maximum absolute atomic E-state index is 8.94. The molecule has 0 amide bonds. The van der Waals surface area contributed by atoms with E-state index in [4.69, 9.17) is 10.00 Å². The summed E-state index contributed by atoms with van der Waals surface area (Å²) in [4.78, 5) is 8.02. The number of hydrogen-bond donors (Lipinski definition) is 1. The van der Waals surface area contributed by atoms with Gasteiger partial charge < -0.3 is 10.1 Å². The van der Waals surface area contributed by atoms with Crippen molar-refractivity contribution in [2.45, 2.75) is 0 Å². The summed E-state index contributed by atoms with van der Waals surface area (Å²) < 4.78 is 6.13. The van der Waals surface area contributed by atoms with Crippen molar-refractivity contribution in [3.8, 4) is 11.8 Å². The Balaban J connectivity index is 2.40. The summed E-state index contributed by atoms with van der Waals surface area (Å²) in [6.45, 7) is 0. The van der Waals surface area contributed by atoms with Crippen molar-refractivity contribution in [3.05, 3.63) is 40.8 Å². The summed E-state index contributed by atoms with van der Waals surface area (Å²) in [6.07, 6.45) is 3.00. The summed E-state index contributed by atoms with van der Waals surface area (Å²) in [5, 5.41) is 12.0. The van der Waals surface area contributed by atoms with E-state index in [1.54, 1.807) is 7.11 Å². The van der Waals surface area contributed by atoms with E-state index in [0.717, 1.165) is 4.47 Å². The van der Waals surface area contributed by atoms with Gasteiger partial charge in [0.05, 0.1) is 12.8 Å². The highest BCUT2D eigenvalue weighted by Gasteiger charge is 2.08. The molecule has 18 heavy (non-hydrogen) atoms. The third kappa shape index (κ3) is 2.57. The van der Waals surface area contributed by atoms with Gasteiger partial charge in [-0.3, -0.25) is 0 Å². The Hall–Kier alpha value is -2.13. The van der Waals surface area contributed by atoms with Crippen LogP contribution in [-0.4, -0.2) is 17.1 Å². The first-order chi connectivity index (χ1) is 8.74. The zero-order valence-corrected chi connectivity index (χ0v) is 11.1. The molecule has 0 bridgehead atoms. The number of benzene rings is 1. The number of hydrogen-bond acceptors (Lipinski definition) is 5. The van der Waals surface area contributed by atoms with E-state index in [2.05, 4.69) is 31.2 Å². The predicted molar refractivity (Wildman–Crippen MR) is 70.7 cm³/mol. The lowest BCUT2D eigenvalue weighted by Crippen LogP contribution is -2.00. The summed E-state index contributed by atoms with van der Waals surface area (Å²) in [6, 6.07) is 7.50. The van der Waals surface area contributed by atoms with Crippen molar-refractivity contribution < 1.29 is 4.74 Å². The minimum atomic E-state index is 0.236. The second-order valence-corrected chi connectivity index (χ2v) is 4.25. The van der Waals surface area contributed by atoms with Gasteiger partial charge in [0.1, 0.15) is 11.8 Å². The topological polar surface area (TPSA) is 70.8 Å². The highest BCUT2D eigenvalue weighted by molar-refractivity contribution is 9.10. The van der Waals surface area contributed by atoms with Crippen LogP contribution in [0.2, 0.25) is 0 Å². The maximum atomic E-state index is 8.94. The Kier molecular flexibility index (Phi) is 3.75. The average Bonchev–Trinajstić information content (AvgIpc) is 2.40. The molecule has 0 saturated heterocycles. The van der Waals surface area contributed by atoms with Gasteiger partial charge in [0.2, 0.25) is 0 Å². The molecule has 1 heterocycles. The Bertz CT molecular complexity index is 609. The zero-order chi connectivity index (χ0) is 13.0. The van der Waals surface area contributed by atoms with Crippen LogP contribution < -0.4 is 10.1 Å². The Labute approximate surface area is 113 Å². The second kappa shape index (κ2) is 5.47. The fourth-order valence-corrected chi connectivity index (χ4v) is 1.78. The summed E-state index contributed by atoms with van der Waals surface area (Å²) in [5.41, 5.74) is 0.948. The molecule has 0 atom stereocenters. The molecule has 0 unspecified atom stereocenters. The lowest BCUT2D eigenvalue weighted by Gasteiger charge is -2.11. The van der Waals surface area contributed by atoms with Gasteiger partial charge in [-0.1, -0.05) is 15.9 Å². The van der Waals surface area contributed by atoms with Crippen molar-refractivity contribution >= 4 is 27.4 Å². The molecule has 2 rings (SSSR count). The first-order valence-electron chi connectivity index (χ1n) is 5.06. The zero-order valence-electron chi connectivity index (χ0n) is 9.51. The second-order valence-electron chi connectivity index (χ2n) is 3.33. The van der Waals surface area contributed by atoms with Gasteiger partial charge in [-0.25, -0.2) is 9.97 Å². The minimum absolute atomic E-state index is 0.236. The molecule has 1 N–H and O–H groups in total. The van der Waals surface area contributed by atoms with Crippen LogP contribution in [0.1, 0.15) is 5.69 Å². The number of methoxy groups -OCH3 is 1. The monoisotopic (exact) mass is 304 g/mol. The number of aromatic nitrogens is 2. The van der Waals surface area contributed by atoms with Gasteiger partial charge in [-0.2, -0.15) is 5.26 Å². The van der Waals surface area contributed by atoms with Crippen LogP contribution in [0.5, 0.6) is 5.75 Å². The first-order valence-corrected chi connectivity index (χ1v) is 5.85. The van der Waals surface area contributed by atoms with E-state index < -0.39 is 0 Å². The standard InChI is InChI=1S/C12H9BrN4O/c1-18-11-3-2-8(13)6-9(11)17-12-10(7-14)15-4-5-16-12/h2-6H,1H3,(H,16,17). The molecule has 0 fully saturated rings. The minimum Gasteiger partial charge on any atom is -0.495 e. The number of halogens is 1. The third-order valence-corrected chi connectivity index (χ3v) is 2.71. The normalized spacial score (nSPS) is 9.61.